The number of halogens is 1. The Labute approximate surface area is 162 Å². The molecule has 0 unspecified atom stereocenters. The lowest BCUT2D eigenvalue weighted by molar-refractivity contribution is -0.384. The Hall–Kier alpha value is -3.23. The number of furan rings is 1. The van der Waals surface area contributed by atoms with Gasteiger partial charge in [0.25, 0.3) is 5.69 Å². The molecule has 0 spiro atoms. The van der Waals surface area contributed by atoms with Crippen molar-refractivity contribution < 1.29 is 9.34 Å². The highest BCUT2D eigenvalue weighted by Crippen LogP contribution is 2.32. The van der Waals surface area contributed by atoms with Gasteiger partial charge in [-0.2, -0.15) is 5.10 Å². The van der Waals surface area contributed by atoms with Gasteiger partial charge in [0, 0.05) is 17.7 Å². The van der Waals surface area contributed by atoms with Crippen molar-refractivity contribution in [3.8, 4) is 11.3 Å². The van der Waals surface area contributed by atoms with Gasteiger partial charge in [-0.05, 0) is 30.3 Å². The molecule has 4 rings (SSSR count). The SMILES string of the molecule is O=[N+]([O-])c1ccc(Cl)c(-c2ccc(C=NNc3nc4ccccc4s3)o2)c1. The van der Waals surface area contributed by atoms with Crippen LogP contribution in [0.5, 0.6) is 0 Å². The third-order valence-corrected chi connectivity index (χ3v) is 4.97. The lowest BCUT2D eigenvalue weighted by Crippen LogP contribution is -1.89. The molecular formula is C18H11ClN4O3S. The van der Waals surface area contributed by atoms with E-state index >= 15 is 0 Å². The van der Waals surface area contributed by atoms with Gasteiger partial charge in [-0.1, -0.05) is 35.1 Å². The number of aromatic nitrogens is 1. The number of para-hydroxylation sites is 1. The van der Waals surface area contributed by atoms with Gasteiger partial charge >= 0.3 is 0 Å². The number of hydrogen-bond acceptors (Lipinski definition) is 7. The molecule has 0 aliphatic rings. The Bertz CT molecular complexity index is 1140. The molecule has 0 amide bonds. The average molecular weight is 399 g/mol. The van der Waals surface area contributed by atoms with Crippen molar-refractivity contribution in [3.63, 3.8) is 0 Å². The summed E-state index contributed by atoms with van der Waals surface area (Å²) in [5.41, 5.74) is 4.16. The Morgan fingerprint density at radius 2 is 2.07 bits per heavy atom. The smallest absolute Gasteiger partial charge is 0.270 e. The number of rotatable bonds is 5. The van der Waals surface area contributed by atoms with Crippen LogP contribution in [0.1, 0.15) is 5.76 Å². The molecule has 0 aliphatic heterocycles. The van der Waals surface area contributed by atoms with Gasteiger partial charge < -0.3 is 4.42 Å². The highest BCUT2D eigenvalue weighted by atomic mass is 35.5. The summed E-state index contributed by atoms with van der Waals surface area (Å²) in [4.78, 5) is 14.9. The molecule has 0 aliphatic carbocycles. The van der Waals surface area contributed by atoms with Crippen LogP contribution in [0.2, 0.25) is 5.02 Å². The highest BCUT2D eigenvalue weighted by molar-refractivity contribution is 7.22. The van der Waals surface area contributed by atoms with Crippen LogP contribution in [0, 0.1) is 10.1 Å². The van der Waals surface area contributed by atoms with Gasteiger partial charge in [0.1, 0.15) is 11.5 Å². The third-order valence-electron chi connectivity index (χ3n) is 3.70. The number of fused-ring (bicyclic) bond motifs is 1. The number of non-ortho nitro benzene ring substituents is 1. The fraction of sp³-hybridized carbons (Fsp3) is 0. The zero-order valence-electron chi connectivity index (χ0n) is 13.6. The number of thiazole rings is 1. The van der Waals surface area contributed by atoms with E-state index in [1.165, 1.54) is 35.8 Å². The minimum atomic E-state index is -0.479. The Morgan fingerprint density at radius 1 is 1.22 bits per heavy atom. The standard InChI is InChI=1S/C18H11ClN4O3S/c19-14-7-5-11(23(24)25)9-13(14)16-8-6-12(26-16)10-20-22-18-21-15-3-1-2-4-17(15)27-18/h1-10H,(H,21,22). The molecule has 2 heterocycles. The molecule has 27 heavy (non-hydrogen) atoms. The quantitative estimate of drug-likeness (QED) is 0.269. The molecule has 9 heteroatoms. The first-order valence-electron chi connectivity index (χ1n) is 7.79. The predicted molar refractivity (Wildman–Crippen MR) is 107 cm³/mol. The summed E-state index contributed by atoms with van der Waals surface area (Å²) in [7, 11) is 0. The summed E-state index contributed by atoms with van der Waals surface area (Å²) in [5, 5.41) is 16.1. The number of nitrogens with one attached hydrogen (secondary N) is 1. The van der Waals surface area contributed by atoms with Crippen LogP contribution in [-0.2, 0) is 0 Å². The first-order chi connectivity index (χ1) is 13.1. The summed E-state index contributed by atoms with van der Waals surface area (Å²) >= 11 is 7.63. The minimum absolute atomic E-state index is 0.0569. The van der Waals surface area contributed by atoms with Gasteiger partial charge in [0.15, 0.2) is 0 Å². The molecular weight excluding hydrogens is 388 g/mol. The number of benzene rings is 2. The van der Waals surface area contributed by atoms with Crippen LogP contribution in [0.4, 0.5) is 10.8 Å². The summed E-state index contributed by atoms with van der Waals surface area (Å²) in [6.45, 7) is 0. The Kier molecular flexibility index (Phi) is 4.57. The molecule has 2 aromatic heterocycles. The van der Waals surface area contributed by atoms with Gasteiger partial charge in [0.2, 0.25) is 5.13 Å². The van der Waals surface area contributed by atoms with Gasteiger partial charge in [-0.25, -0.2) is 4.98 Å². The van der Waals surface area contributed by atoms with E-state index in [0.717, 1.165) is 10.2 Å². The van der Waals surface area contributed by atoms with Crippen molar-refractivity contribution >= 4 is 50.2 Å². The summed E-state index contributed by atoms with van der Waals surface area (Å²) in [6.07, 6.45) is 1.50. The first-order valence-corrected chi connectivity index (χ1v) is 8.98. The van der Waals surface area contributed by atoms with Crippen LogP contribution in [0.3, 0.4) is 0 Å². The molecule has 0 saturated carbocycles. The van der Waals surface area contributed by atoms with E-state index in [2.05, 4.69) is 15.5 Å². The summed E-state index contributed by atoms with van der Waals surface area (Å²) < 4.78 is 6.73. The zero-order valence-corrected chi connectivity index (χ0v) is 15.2. The number of anilines is 1. The molecule has 0 fully saturated rings. The summed E-state index contributed by atoms with van der Waals surface area (Å²) in [6, 6.07) is 15.4. The van der Waals surface area contributed by atoms with E-state index in [9.17, 15) is 10.1 Å². The second-order valence-electron chi connectivity index (χ2n) is 5.48. The van der Waals surface area contributed by atoms with Crippen LogP contribution < -0.4 is 5.43 Å². The second kappa shape index (κ2) is 7.18. The zero-order chi connectivity index (χ0) is 18.8. The molecule has 0 radical (unpaired) electrons. The molecule has 7 nitrogen and oxygen atoms in total. The van der Waals surface area contributed by atoms with E-state index < -0.39 is 4.92 Å². The fourth-order valence-electron chi connectivity index (χ4n) is 2.45. The molecule has 4 aromatic rings. The number of hydrazone groups is 1. The average Bonchev–Trinajstić information content (AvgIpc) is 3.28. The van der Waals surface area contributed by atoms with Gasteiger partial charge in [0.05, 0.1) is 26.4 Å². The Balaban J connectivity index is 1.52. The monoisotopic (exact) mass is 398 g/mol. The van der Waals surface area contributed by atoms with Crippen molar-refractivity contribution in [1.82, 2.24) is 4.98 Å². The normalized spacial score (nSPS) is 11.3. The van der Waals surface area contributed by atoms with Crippen LogP contribution in [0.15, 0.2) is 64.1 Å². The predicted octanol–water partition coefficient (Wildman–Crippen LogP) is 5.56. The number of nitrogens with zero attached hydrogens (tertiary/aromatic N) is 3. The van der Waals surface area contributed by atoms with Crippen molar-refractivity contribution in [1.29, 1.82) is 0 Å². The van der Waals surface area contributed by atoms with Crippen LogP contribution in [0.25, 0.3) is 21.5 Å². The third kappa shape index (κ3) is 3.67. The minimum Gasteiger partial charge on any atom is -0.455 e. The highest BCUT2D eigenvalue weighted by Gasteiger charge is 2.14. The van der Waals surface area contributed by atoms with E-state index in [0.29, 0.717) is 27.2 Å². The number of nitro benzene ring substituents is 1. The fourth-order valence-corrected chi connectivity index (χ4v) is 3.48. The van der Waals surface area contributed by atoms with Crippen molar-refractivity contribution in [2.24, 2.45) is 5.10 Å². The first kappa shape index (κ1) is 17.2. The van der Waals surface area contributed by atoms with Gasteiger partial charge in [-0.3, -0.25) is 15.5 Å². The maximum Gasteiger partial charge on any atom is 0.270 e. The van der Waals surface area contributed by atoms with Crippen LogP contribution >= 0.6 is 22.9 Å². The van der Waals surface area contributed by atoms with Crippen molar-refractivity contribution in [2.45, 2.75) is 0 Å². The largest absolute Gasteiger partial charge is 0.455 e. The van der Waals surface area contributed by atoms with Crippen LogP contribution in [-0.4, -0.2) is 16.1 Å². The van der Waals surface area contributed by atoms with Gasteiger partial charge in [-0.15, -0.1) is 0 Å². The van der Waals surface area contributed by atoms with E-state index in [1.807, 2.05) is 24.3 Å². The van der Waals surface area contributed by atoms with E-state index in [4.69, 9.17) is 16.0 Å². The Morgan fingerprint density at radius 3 is 2.89 bits per heavy atom. The number of hydrogen-bond donors (Lipinski definition) is 1. The molecule has 2 aromatic carbocycles. The van der Waals surface area contributed by atoms with Crippen molar-refractivity contribution in [3.05, 3.63) is 75.5 Å². The molecule has 134 valence electrons. The topological polar surface area (TPSA) is 93.6 Å². The molecule has 1 N–H and O–H groups in total. The lowest BCUT2D eigenvalue weighted by atomic mass is 10.1. The molecule has 0 atom stereocenters. The lowest BCUT2D eigenvalue weighted by Gasteiger charge is -2.00. The van der Waals surface area contributed by atoms with Crippen molar-refractivity contribution in [2.75, 3.05) is 5.43 Å². The molecule has 0 saturated heterocycles. The van der Waals surface area contributed by atoms with E-state index in [-0.39, 0.29) is 5.69 Å². The number of nitro groups is 1. The maximum atomic E-state index is 10.9. The maximum absolute atomic E-state index is 10.9. The molecule has 0 bridgehead atoms. The summed E-state index contributed by atoms with van der Waals surface area (Å²) in [5.74, 6) is 0.895. The van der Waals surface area contributed by atoms with E-state index in [1.54, 1.807) is 12.1 Å². The second-order valence-corrected chi connectivity index (χ2v) is 6.92.